The lowest BCUT2D eigenvalue weighted by atomic mass is 10.2. The van der Waals surface area contributed by atoms with Crippen molar-refractivity contribution >= 4 is 26.8 Å². The van der Waals surface area contributed by atoms with Gasteiger partial charge in [-0.2, -0.15) is 0 Å². The van der Waals surface area contributed by atoms with Gasteiger partial charge in [-0.3, -0.25) is 0 Å². The molecule has 0 radical (unpaired) electrons. The van der Waals surface area contributed by atoms with Crippen molar-refractivity contribution in [3.05, 3.63) is 70.7 Å². The van der Waals surface area contributed by atoms with Crippen molar-refractivity contribution in [3.63, 3.8) is 0 Å². The van der Waals surface area contributed by atoms with Crippen molar-refractivity contribution in [3.8, 4) is 5.88 Å². The Kier molecular flexibility index (Phi) is 3.47. The first-order valence-electron chi connectivity index (χ1n) is 6.05. The van der Waals surface area contributed by atoms with Gasteiger partial charge in [0.15, 0.2) is 0 Å². The summed E-state index contributed by atoms with van der Waals surface area (Å²) in [6.07, 6.45) is 0. The Morgan fingerprint density at radius 1 is 0.947 bits per heavy atom. The summed E-state index contributed by atoms with van der Waals surface area (Å²) in [7, 11) is 0. The highest BCUT2D eigenvalue weighted by Crippen LogP contribution is 2.27. The van der Waals surface area contributed by atoms with Gasteiger partial charge in [-0.15, -0.1) is 0 Å². The summed E-state index contributed by atoms with van der Waals surface area (Å²) in [5.74, 6) is 0.627. The van der Waals surface area contributed by atoms with Crippen LogP contribution < -0.4 is 4.74 Å². The van der Waals surface area contributed by atoms with E-state index in [2.05, 4.69) is 20.9 Å². The van der Waals surface area contributed by atoms with Crippen LogP contribution in [-0.2, 0) is 6.61 Å². The molecule has 0 saturated carbocycles. The van der Waals surface area contributed by atoms with Gasteiger partial charge in [-0.1, -0.05) is 48.5 Å². The first-order chi connectivity index (χ1) is 9.33. The minimum Gasteiger partial charge on any atom is -0.472 e. The van der Waals surface area contributed by atoms with E-state index >= 15 is 0 Å². The lowest BCUT2D eigenvalue weighted by molar-refractivity contribution is 0.293. The van der Waals surface area contributed by atoms with Crippen molar-refractivity contribution in [2.75, 3.05) is 0 Å². The molecule has 0 fully saturated rings. The van der Waals surface area contributed by atoms with E-state index < -0.39 is 0 Å². The molecule has 0 amide bonds. The molecule has 0 saturated heterocycles. The number of para-hydroxylation sites is 1. The van der Waals surface area contributed by atoms with E-state index in [1.807, 2.05) is 60.7 Å². The predicted octanol–water partition coefficient (Wildman–Crippen LogP) is 4.58. The van der Waals surface area contributed by atoms with Crippen LogP contribution in [0.4, 0.5) is 0 Å². The molecule has 3 heteroatoms. The molecule has 3 aromatic rings. The number of fused-ring (bicyclic) bond motifs is 1. The number of hydrogen-bond acceptors (Lipinski definition) is 2. The molecular weight excluding hydrogens is 302 g/mol. The van der Waals surface area contributed by atoms with E-state index in [0.29, 0.717) is 12.5 Å². The quantitative estimate of drug-likeness (QED) is 0.706. The van der Waals surface area contributed by atoms with Gasteiger partial charge in [0.1, 0.15) is 6.61 Å². The van der Waals surface area contributed by atoms with E-state index in [0.717, 1.165) is 20.9 Å². The van der Waals surface area contributed by atoms with E-state index in [1.165, 1.54) is 0 Å². The first-order valence-corrected chi connectivity index (χ1v) is 6.84. The molecule has 2 nitrogen and oxygen atoms in total. The van der Waals surface area contributed by atoms with Crippen LogP contribution in [0.25, 0.3) is 10.9 Å². The summed E-state index contributed by atoms with van der Waals surface area (Å²) in [6, 6.07) is 20.1. The smallest absolute Gasteiger partial charge is 0.228 e. The van der Waals surface area contributed by atoms with Crippen LogP contribution in [0.2, 0.25) is 0 Å². The maximum atomic E-state index is 5.77. The van der Waals surface area contributed by atoms with Gasteiger partial charge < -0.3 is 4.74 Å². The molecule has 0 spiro atoms. The highest BCUT2D eigenvalue weighted by atomic mass is 79.9. The van der Waals surface area contributed by atoms with Gasteiger partial charge in [0.05, 0.1) is 9.99 Å². The summed E-state index contributed by atoms with van der Waals surface area (Å²) >= 11 is 3.50. The summed E-state index contributed by atoms with van der Waals surface area (Å²) < 4.78 is 6.65. The predicted molar refractivity (Wildman–Crippen MR) is 80.2 cm³/mol. The fraction of sp³-hybridized carbons (Fsp3) is 0.0625. The summed E-state index contributed by atoms with van der Waals surface area (Å²) in [5.41, 5.74) is 2.07. The molecule has 0 unspecified atom stereocenters. The van der Waals surface area contributed by atoms with E-state index in [4.69, 9.17) is 4.74 Å². The highest BCUT2D eigenvalue weighted by Gasteiger charge is 2.05. The Morgan fingerprint density at radius 3 is 2.53 bits per heavy atom. The van der Waals surface area contributed by atoms with E-state index in [9.17, 15) is 0 Å². The minimum atomic E-state index is 0.519. The van der Waals surface area contributed by atoms with Crippen molar-refractivity contribution in [1.29, 1.82) is 0 Å². The Morgan fingerprint density at radius 2 is 1.68 bits per heavy atom. The average molecular weight is 314 g/mol. The van der Waals surface area contributed by atoms with Crippen molar-refractivity contribution in [1.82, 2.24) is 4.98 Å². The standard InChI is InChI=1S/C16H12BrNO/c17-14-10-13-8-4-5-9-15(13)18-16(14)19-11-12-6-2-1-3-7-12/h1-10H,11H2. The Bertz CT molecular complexity index is 697. The number of aromatic nitrogens is 1. The molecule has 94 valence electrons. The molecule has 0 atom stereocenters. The summed E-state index contributed by atoms with van der Waals surface area (Å²) in [5, 5.41) is 1.10. The molecule has 1 heterocycles. The zero-order chi connectivity index (χ0) is 13.1. The number of pyridine rings is 1. The zero-order valence-electron chi connectivity index (χ0n) is 10.2. The number of benzene rings is 2. The number of ether oxygens (including phenoxy) is 1. The molecule has 19 heavy (non-hydrogen) atoms. The fourth-order valence-corrected chi connectivity index (χ4v) is 2.35. The van der Waals surface area contributed by atoms with Gasteiger partial charge in [0.25, 0.3) is 0 Å². The molecule has 0 aliphatic carbocycles. The second kappa shape index (κ2) is 5.41. The van der Waals surface area contributed by atoms with Crippen LogP contribution in [-0.4, -0.2) is 4.98 Å². The Labute approximate surface area is 120 Å². The molecule has 0 aliphatic heterocycles. The molecule has 0 N–H and O–H groups in total. The summed E-state index contributed by atoms with van der Waals surface area (Å²) in [4.78, 5) is 4.52. The third-order valence-corrected chi connectivity index (χ3v) is 3.43. The monoisotopic (exact) mass is 313 g/mol. The normalized spacial score (nSPS) is 10.6. The highest BCUT2D eigenvalue weighted by molar-refractivity contribution is 9.10. The minimum absolute atomic E-state index is 0.519. The Hall–Kier alpha value is -1.87. The van der Waals surface area contributed by atoms with Crippen molar-refractivity contribution < 1.29 is 4.74 Å². The lowest BCUT2D eigenvalue weighted by Crippen LogP contribution is -1.98. The maximum Gasteiger partial charge on any atom is 0.228 e. The molecular formula is C16H12BrNO. The van der Waals surface area contributed by atoms with Gasteiger partial charge in [0.2, 0.25) is 5.88 Å². The summed E-state index contributed by atoms with van der Waals surface area (Å²) in [6.45, 7) is 0.519. The molecule has 1 aromatic heterocycles. The number of nitrogens with zero attached hydrogens (tertiary/aromatic N) is 1. The zero-order valence-corrected chi connectivity index (χ0v) is 11.8. The van der Waals surface area contributed by atoms with Gasteiger partial charge in [0, 0.05) is 5.39 Å². The third kappa shape index (κ3) is 2.76. The third-order valence-electron chi connectivity index (χ3n) is 2.86. The molecule has 3 rings (SSSR count). The Balaban J connectivity index is 1.86. The maximum absolute atomic E-state index is 5.77. The van der Waals surface area contributed by atoms with Crippen LogP contribution in [0.15, 0.2) is 65.1 Å². The van der Waals surface area contributed by atoms with Crippen LogP contribution in [0.1, 0.15) is 5.56 Å². The van der Waals surface area contributed by atoms with Crippen LogP contribution in [0.3, 0.4) is 0 Å². The van der Waals surface area contributed by atoms with Crippen molar-refractivity contribution in [2.24, 2.45) is 0 Å². The largest absolute Gasteiger partial charge is 0.472 e. The first kappa shape index (κ1) is 12.2. The molecule has 0 aliphatic rings. The van der Waals surface area contributed by atoms with Crippen LogP contribution >= 0.6 is 15.9 Å². The SMILES string of the molecule is Brc1cc2ccccc2nc1OCc1ccccc1. The van der Waals surface area contributed by atoms with Crippen molar-refractivity contribution in [2.45, 2.75) is 6.61 Å². The number of hydrogen-bond donors (Lipinski definition) is 0. The second-order valence-electron chi connectivity index (χ2n) is 4.24. The topological polar surface area (TPSA) is 22.1 Å². The van der Waals surface area contributed by atoms with Gasteiger partial charge in [-0.05, 0) is 33.6 Å². The molecule has 0 bridgehead atoms. The lowest BCUT2D eigenvalue weighted by Gasteiger charge is -2.08. The number of rotatable bonds is 3. The number of halogens is 1. The second-order valence-corrected chi connectivity index (χ2v) is 5.10. The average Bonchev–Trinajstić information content (AvgIpc) is 2.46. The van der Waals surface area contributed by atoms with Gasteiger partial charge in [-0.25, -0.2) is 4.98 Å². The van der Waals surface area contributed by atoms with Crippen LogP contribution in [0.5, 0.6) is 5.88 Å². The van der Waals surface area contributed by atoms with E-state index in [1.54, 1.807) is 0 Å². The van der Waals surface area contributed by atoms with Crippen LogP contribution in [0, 0.1) is 0 Å². The fourth-order valence-electron chi connectivity index (χ4n) is 1.90. The molecule has 2 aromatic carbocycles. The van der Waals surface area contributed by atoms with Gasteiger partial charge >= 0.3 is 0 Å². The van der Waals surface area contributed by atoms with E-state index in [-0.39, 0.29) is 0 Å².